The molecule has 1 heterocycles. The highest BCUT2D eigenvalue weighted by Crippen LogP contribution is 2.42. The number of hydroxylamine groups is 2. The van der Waals surface area contributed by atoms with E-state index in [-0.39, 0.29) is 12.1 Å². The van der Waals surface area contributed by atoms with Crippen molar-refractivity contribution in [1.29, 1.82) is 0 Å². The van der Waals surface area contributed by atoms with Crippen LogP contribution in [0.25, 0.3) is 0 Å². The molecular formula is C23H28N4O3. The second-order valence-electron chi connectivity index (χ2n) is 8.46. The number of carbonyl (C=O) groups excluding carboxylic acids is 2. The van der Waals surface area contributed by atoms with E-state index in [1.165, 1.54) is 4.90 Å². The van der Waals surface area contributed by atoms with Gasteiger partial charge in [-0.05, 0) is 51.0 Å². The fourth-order valence-electron chi connectivity index (χ4n) is 4.76. The number of amides is 4. The normalized spacial score (nSPS) is 21.2. The van der Waals surface area contributed by atoms with Crippen LogP contribution < -0.4 is 10.2 Å². The SMILES string of the molecule is CC1(C)C(N(O)C(=O)Nc2ccccc2)N(c2ccccc2)C(=O)N1C1CCCC1. The molecule has 30 heavy (non-hydrogen) atoms. The minimum atomic E-state index is -0.878. The average Bonchev–Trinajstić information content (AvgIpc) is 3.32. The lowest BCUT2D eigenvalue weighted by Crippen LogP contribution is -2.59. The molecule has 2 N–H and O–H groups in total. The number of rotatable bonds is 4. The van der Waals surface area contributed by atoms with Gasteiger partial charge in [-0.25, -0.2) is 9.59 Å². The van der Waals surface area contributed by atoms with Crippen molar-refractivity contribution in [3.8, 4) is 0 Å². The van der Waals surface area contributed by atoms with Gasteiger partial charge >= 0.3 is 12.1 Å². The maximum atomic E-state index is 13.6. The highest BCUT2D eigenvalue weighted by molar-refractivity contribution is 5.98. The quantitative estimate of drug-likeness (QED) is 0.558. The van der Waals surface area contributed by atoms with E-state index in [4.69, 9.17) is 0 Å². The molecule has 0 radical (unpaired) electrons. The Balaban J connectivity index is 1.69. The topological polar surface area (TPSA) is 76.1 Å². The molecule has 1 saturated heterocycles. The number of urea groups is 2. The van der Waals surface area contributed by atoms with Gasteiger partial charge in [0, 0.05) is 17.4 Å². The van der Waals surface area contributed by atoms with Crippen molar-refractivity contribution in [1.82, 2.24) is 9.96 Å². The van der Waals surface area contributed by atoms with Crippen molar-refractivity contribution < 1.29 is 14.8 Å². The largest absolute Gasteiger partial charge is 0.347 e. The van der Waals surface area contributed by atoms with E-state index < -0.39 is 17.7 Å². The van der Waals surface area contributed by atoms with Gasteiger partial charge in [0.2, 0.25) is 0 Å². The summed E-state index contributed by atoms with van der Waals surface area (Å²) in [4.78, 5) is 29.9. The smallest absolute Gasteiger partial charge is 0.312 e. The summed E-state index contributed by atoms with van der Waals surface area (Å²) in [6, 6.07) is 17.4. The molecule has 7 heteroatoms. The van der Waals surface area contributed by atoms with Crippen molar-refractivity contribution in [2.75, 3.05) is 10.2 Å². The minimum Gasteiger partial charge on any atom is -0.312 e. The van der Waals surface area contributed by atoms with E-state index in [9.17, 15) is 14.8 Å². The summed E-state index contributed by atoms with van der Waals surface area (Å²) in [6.45, 7) is 3.83. The molecule has 2 aliphatic rings. The molecule has 2 aromatic rings. The molecule has 4 amide bonds. The van der Waals surface area contributed by atoms with Gasteiger partial charge in [0.25, 0.3) is 0 Å². The Bertz CT molecular complexity index is 897. The van der Waals surface area contributed by atoms with E-state index >= 15 is 0 Å². The standard InChI is InChI=1S/C23H28N4O3/c1-23(2)20(27(30)21(28)24-17-11-5-3-6-12-17)25(18-13-7-4-8-14-18)22(29)26(23)19-15-9-10-16-19/h3-8,11-14,19-20,30H,9-10,15-16H2,1-2H3,(H,24,28). The molecule has 1 aliphatic heterocycles. The summed E-state index contributed by atoms with van der Waals surface area (Å²) in [6.07, 6.45) is 3.16. The van der Waals surface area contributed by atoms with Crippen molar-refractivity contribution >= 4 is 23.4 Å². The zero-order valence-corrected chi connectivity index (χ0v) is 17.4. The van der Waals surface area contributed by atoms with Crippen LogP contribution in [0.1, 0.15) is 39.5 Å². The predicted octanol–water partition coefficient (Wildman–Crippen LogP) is 4.90. The first-order valence-electron chi connectivity index (χ1n) is 10.4. The van der Waals surface area contributed by atoms with Crippen molar-refractivity contribution in [2.24, 2.45) is 0 Å². The number of benzene rings is 2. The van der Waals surface area contributed by atoms with Crippen LogP contribution in [0.3, 0.4) is 0 Å². The second kappa shape index (κ2) is 7.99. The number of para-hydroxylation sites is 2. The van der Waals surface area contributed by atoms with Gasteiger partial charge < -0.3 is 10.2 Å². The van der Waals surface area contributed by atoms with Crippen LogP contribution in [0.15, 0.2) is 60.7 Å². The molecule has 7 nitrogen and oxygen atoms in total. The first kappa shape index (κ1) is 20.2. The molecular weight excluding hydrogens is 380 g/mol. The number of hydrogen-bond acceptors (Lipinski definition) is 3. The van der Waals surface area contributed by atoms with Gasteiger partial charge in [-0.3, -0.25) is 10.1 Å². The highest BCUT2D eigenvalue weighted by Gasteiger charge is 2.58. The molecule has 158 valence electrons. The molecule has 0 bridgehead atoms. The highest BCUT2D eigenvalue weighted by atomic mass is 16.5. The van der Waals surface area contributed by atoms with E-state index in [0.29, 0.717) is 16.4 Å². The number of nitrogens with one attached hydrogen (secondary N) is 1. The van der Waals surface area contributed by atoms with Crippen molar-refractivity contribution in [2.45, 2.75) is 57.3 Å². The molecule has 2 aromatic carbocycles. The molecule has 0 spiro atoms. The van der Waals surface area contributed by atoms with Crippen molar-refractivity contribution in [3.63, 3.8) is 0 Å². The average molecular weight is 409 g/mol. The molecule has 4 rings (SSSR count). The lowest BCUT2D eigenvalue weighted by atomic mass is 9.97. The summed E-state index contributed by atoms with van der Waals surface area (Å²) >= 11 is 0. The van der Waals surface area contributed by atoms with Crippen LogP contribution >= 0.6 is 0 Å². The van der Waals surface area contributed by atoms with E-state index in [2.05, 4.69) is 5.32 Å². The molecule has 1 atom stereocenters. The third-order valence-electron chi connectivity index (χ3n) is 6.10. The Kier molecular flexibility index (Phi) is 5.39. The van der Waals surface area contributed by atoms with Crippen LogP contribution in [-0.4, -0.2) is 45.0 Å². The van der Waals surface area contributed by atoms with Crippen LogP contribution in [0.5, 0.6) is 0 Å². The van der Waals surface area contributed by atoms with Crippen molar-refractivity contribution in [3.05, 3.63) is 60.7 Å². The lowest BCUT2D eigenvalue weighted by molar-refractivity contribution is -0.0976. The van der Waals surface area contributed by atoms with E-state index in [1.807, 2.05) is 55.1 Å². The predicted molar refractivity (Wildman–Crippen MR) is 115 cm³/mol. The summed E-state index contributed by atoms with van der Waals surface area (Å²) in [7, 11) is 0. The van der Waals surface area contributed by atoms with Gasteiger partial charge in [-0.2, -0.15) is 5.06 Å². The monoisotopic (exact) mass is 408 g/mol. The fourth-order valence-corrected chi connectivity index (χ4v) is 4.76. The summed E-state index contributed by atoms with van der Waals surface area (Å²) in [5, 5.41) is 14.4. The van der Waals surface area contributed by atoms with Crippen LogP contribution in [0.4, 0.5) is 21.0 Å². The number of nitrogens with zero attached hydrogens (tertiary/aromatic N) is 3. The number of carbonyl (C=O) groups is 2. The fraction of sp³-hybridized carbons (Fsp3) is 0.391. The molecule has 2 fully saturated rings. The summed E-state index contributed by atoms with van der Waals surface area (Å²) in [5.41, 5.74) is 0.431. The van der Waals surface area contributed by atoms with Gasteiger partial charge in [0.05, 0.1) is 5.54 Å². The zero-order chi connectivity index (χ0) is 21.3. The summed E-state index contributed by atoms with van der Waals surface area (Å²) in [5.74, 6) is 0. The van der Waals surface area contributed by atoms with Crippen LogP contribution in [0.2, 0.25) is 0 Å². The Morgan fingerprint density at radius 1 is 1.03 bits per heavy atom. The Morgan fingerprint density at radius 2 is 1.60 bits per heavy atom. The van der Waals surface area contributed by atoms with Crippen LogP contribution in [-0.2, 0) is 0 Å². The van der Waals surface area contributed by atoms with E-state index in [1.54, 1.807) is 24.3 Å². The minimum absolute atomic E-state index is 0.106. The van der Waals surface area contributed by atoms with Gasteiger partial charge in [0.1, 0.15) is 0 Å². The van der Waals surface area contributed by atoms with Gasteiger partial charge in [-0.1, -0.05) is 49.2 Å². The molecule has 1 saturated carbocycles. The third-order valence-corrected chi connectivity index (χ3v) is 6.10. The first-order valence-corrected chi connectivity index (χ1v) is 10.4. The Morgan fingerprint density at radius 3 is 2.20 bits per heavy atom. The molecule has 0 aromatic heterocycles. The Labute approximate surface area is 176 Å². The maximum Gasteiger partial charge on any atom is 0.347 e. The number of hydrogen-bond donors (Lipinski definition) is 2. The van der Waals surface area contributed by atoms with Gasteiger partial charge in [-0.15, -0.1) is 0 Å². The van der Waals surface area contributed by atoms with Gasteiger partial charge in [0.15, 0.2) is 6.17 Å². The third kappa shape index (κ3) is 3.50. The zero-order valence-electron chi connectivity index (χ0n) is 17.4. The summed E-state index contributed by atoms with van der Waals surface area (Å²) < 4.78 is 0. The second-order valence-corrected chi connectivity index (χ2v) is 8.46. The lowest BCUT2D eigenvalue weighted by Gasteiger charge is -2.40. The Hall–Kier alpha value is -3.06. The number of anilines is 2. The molecule has 1 unspecified atom stereocenters. The molecule has 1 aliphatic carbocycles. The first-order chi connectivity index (χ1) is 14.4. The van der Waals surface area contributed by atoms with E-state index in [0.717, 1.165) is 25.7 Å². The maximum absolute atomic E-state index is 13.6. The van der Waals surface area contributed by atoms with Crippen LogP contribution in [0, 0.1) is 0 Å².